The Morgan fingerprint density at radius 2 is 2.04 bits per heavy atom. The first-order valence-corrected chi connectivity index (χ1v) is 7.47. The Kier molecular flexibility index (Phi) is 4.24. The van der Waals surface area contributed by atoms with Crippen LogP contribution in [0, 0.1) is 6.92 Å². The number of carbonyl (C=O) groups excluding carboxylic acids is 1. The summed E-state index contributed by atoms with van der Waals surface area (Å²) in [6.07, 6.45) is 5.08. The summed E-state index contributed by atoms with van der Waals surface area (Å²) in [4.78, 5) is 23.0. The van der Waals surface area contributed by atoms with E-state index in [0.29, 0.717) is 17.2 Å². The second-order valence-electron chi connectivity index (χ2n) is 5.52. The van der Waals surface area contributed by atoms with Crippen LogP contribution in [0.25, 0.3) is 5.69 Å². The largest absolute Gasteiger partial charge is 0.361 e. The van der Waals surface area contributed by atoms with Crippen molar-refractivity contribution in [2.75, 3.05) is 24.3 Å². The molecule has 122 valence electrons. The number of rotatable bonds is 4. The van der Waals surface area contributed by atoms with E-state index >= 15 is 0 Å². The van der Waals surface area contributed by atoms with Crippen molar-refractivity contribution < 1.29 is 4.79 Å². The van der Waals surface area contributed by atoms with E-state index in [9.17, 15) is 4.79 Å². The zero-order chi connectivity index (χ0) is 17.1. The highest BCUT2D eigenvalue weighted by atomic mass is 16.1. The SMILES string of the molecule is Cc1ccc(NC(=O)c2cc(-n3cccn3)ccn2)c(N(C)C)n1. The summed E-state index contributed by atoms with van der Waals surface area (Å²) in [6, 6.07) is 9.01. The third-order valence-electron chi connectivity index (χ3n) is 3.43. The molecule has 0 radical (unpaired) electrons. The second-order valence-corrected chi connectivity index (χ2v) is 5.52. The van der Waals surface area contributed by atoms with E-state index in [-0.39, 0.29) is 5.91 Å². The Labute approximate surface area is 140 Å². The van der Waals surface area contributed by atoms with Gasteiger partial charge in [0.1, 0.15) is 5.69 Å². The highest BCUT2D eigenvalue weighted by Crippen LogP contribution is 2.22. The number of nitrogens with one attached hydrogen (secondary N) is 1. The maximum Gasteiger partial charge on any atom is 0.274 e. The number of hydrogen-bond acceptors (Lipinski definition) is 5. The van der Waals surface area contributed by atoms with E-state index in [1.807, 2.05) is 50.3 Å². The smallest absolute Gasteiger partial charge is 0.274 e. The molecular weight excluding hydrogens is 304 g/mol. The highest BCUT2D eigenvalue weighted by molar-refractivity contribution is 6.04. The maximum absolute atomic E-state index is 12.5. The number of pyridine rings is 2. The van der Waals surface area contributed by atoms with Gasteiger partial charge in [-0.3, -0.25) is 9.78 Å². The van der Waals surface area contributed by atoms with Crippen LogP contribution in [-0.2, 0) is 0 Å². The third-order valence-corrected chi connectivity index (χ3v) is 3.43. The predicted octanol–water partition coefficient (Wildman–Crippen LogP) is 2.29. The molecule has 7 nitrogen and oxygen atoms in total. The summed E-state index contributed by atoms with van der Waals surface area (Å²) in [5, 5.41) is 7.03. The summed E-state index contributed by atoms with van der Waals surface area (Å²) in [5.74, 6) is 0.407. The first kappa shape index (κ1) is 15.7. The lowest BCUT2D eigenvalue weighted by Gasteiger charge is -2.17. The van der Waals surface area contributed by atoms with Gasteiger partial charge >= 0.3 is 0 Å². The number of anilines is 2. The van der Waals surface area contributed by atoms with Crippen LogP contribution in [0.5, 0.6) is 0 Å². The topological polar surface area (TPSA) is 75.9 Å². The molecule has 0 aliphatic rings. The molecule has 1 N–H and O–H groups in total. The molecular formula is C17H18N6O. The minimum Gasteiger partial charge on any atom is -0.361 e. The summed E-state index contributed by atoms with van der Waals surface area (Å²) in [5.41, 5.74) is 2.61. The van der Waals surface area contributed by atoms with Crippen molar-refractivity contribution in [3.8, 4) is 5.69 Å². The van der Waals surface area contributed by atoms with Crippen LogP contribution in [0.4, 0.5) is 11.5 Å². The molecule has 0 unspecified atom stereocenters. The minimum atomic E-state index is -0.294. The van der Waals surface area contributed by atoms with E-state index in [1.165, 1.54) is 0 Å². The number of carbonyl (C=O) groups is 1. The van der Waals surface area contributed by atoms with Gasteiger partial charge in [0.25, 0.3) is 5.91 Å². The Morgan fingerprint density at radius 1 is 1.21 bits per heavy atom. The highest BCUT2D eigenvalue weighted by Gasteiger charge is 2.13. The van der Waals surface area contributed by atoms with Crippen LogP contribution in [0.15, 0.2) is 48.9 Å². The Morgan fingerprint density at radius 3 is 2.75 bits per heavy atom. The number of nitrogens with zero attached hydrogens (tertiary/aromatic N) is 5. The molecule has 0 aliphatic heterocycles. The van der Waals surface area contributed by atoms with Crippen LogP contribution in [0.1, 0.15) is 16.2 Å². The fraction of sp³-hybridized carbons (Fsp3) is 0.176. The van der Waals surface area contributed by atoms with Gasteiger partial charge in [-0.05, 0) is 37.3 Å². The van der Waals surface area contributed by atoms with Gasteiger partial charge < -0.3 is 10.2 Å². The van der Waals surface area contributed by atoms with Crippen LogP contribution >= 0.6 is 0 Å². The van der Waals surface area contributed by atoms with Crippen molar-refractivity contribution >= 4 is 17.4 Å². The fourth-order valence-corrected chi connectivity index (χ4v) is 2.28. The molecule has 3 rings (SSSR count). The number of aryl methyl sites for hydroxylation is 1. The summed E-state index contributed by atoms with van der Waals surface area (Å²) < 4.78 is 1.68. The molecule has 7 heteroatoms. The number of hydrogen-bond donors (Lipinski definition) is 1. The molecule has 0 saturated heterocycles. The molecule has 0 atom stereocenters. The lowest BCUT2D eigenvalue weighted by atomic mass is 10.2. The van der Waals surface area contributed by atoms with Gasteiger partial charge in [-0.25, -0.2) is 9.67 Å². The zero-order valence-corrected chi connectivity index (χ0v) is 13.8. The first-order valence-electron chi connectivity index (χ1n) is 7.47. The molecule has 0 bridgehead atoms. The zero-order valence-electron chi connectivity index (χ0n) is 13.8. The third kappa shape index (κ3) is 3.24. The molecule has 0 aliphatic carbocycles. The predicted molar refractivity (Wildman–Crippen MR) is 92.6 cm³/mol. The normalized spacial score (nSPS) is 10.5. The molecule has 0 saturated carbocycles. The van der Waals surface area contributed by atoms with E-state index in [1.54, 1.807) is 29.2 Å². The van der Waals surface area contributed by atoms with Gasteiger partial charge in [0, 0.05) is 38.4 Å². The van der Waals surface area contributed by atoms with Crippen LogP contribution in [-0.4, -0.2) is 39.8 Å². The minimum absolute atomic E-state index is 0.294. The van der Waals surface area contributed by atoms with Crippen LogP contribution in [0.2, 0.25) is 0 Å². The number of amides is 1. The van der Waals surface area contributed by atoms with Crippen LogP contribution < -0.4 is 10.2 Å². The molecule has 24 heavy (non-hydrogen) atoms. The van der Waals surface area contributed by atoms with E-state index < -0.39 is 0 Å². The number of aromatic nitrogens is 4. The Balaban J connectivity index is 1.87. The standard InChI is InChI=1S/C17H18N6O/c1-12-5-6-14(16(20-12)22(2)3)21-17(24)15-11-13(7-9-18-15)23-10-4-8-19-23/h4-11H,1-3H3,(H,21,24). The van der Waals surface area contributed by atoms with Crippen LogP contribution in [0.3, 0.4) is 0 Å². The second kappa shape index (κ2) is 6.49. The van der Waals surface area contributed by atoms with Gasteiger partial charge in [0.15, 0.2) is 5.82 Å². The summed E-state index contributed by atoms with van der Waals surface area (Å²) in [6.45, 7) is 1.91. The van der Waals surface area contributed by atoms with E-state index in [4.69, 9.17) is 0 Å². The van der Waals surface area contributed by atoms with Crippen molar-refractivity contribution in [1.82, 2.24) is 19.7 Å². The average molecular weight is 322 g/mol. The van der Waals surface area contributed by atoms with Gasteiger partial charge in [-0.15, -0.1) is 0 Å². The molecule has 3 aromatic heterocycles. The molecule has 0 fully saturated rings. The maximum atomic E-state index is 12.5. The lowest BCUT2D eigenvalue weighted by Crippen LogP contribution is -2.19. The Bertz CT molecular complexity index is 857. The Hall–Kier alpha value is -3.22. The molecule has 0 spiro atoms. The average Bonchev–Trinajstić information content (AvgIpc) is 3.11. The molecule has 3 heterocycles. The monoisotopic (exact) mass is 322 g/mol. The molecule has 1 amide bonds. The van der Waals surface area contributed by atoms with E-state index in [0.717, 1.165) is 11.4 Å². The van der Waals surface area contributed by atoms with Gasteiger partial charge in [0.2, 0.25) is 0 Å². The summed E-state index contributed by atoms with van der Waals surface area (Å²) in [7, 11) is 3.77. The van der Waals surface area contributed by atoms with Crippen molar-refractivity contribution in [3.63, 3.8) is 0 Å². The van der Waals surface area contributed by atoms with Crippen molar-refractivity contribution in [2.24, 2.45) is 0 Å². The molecule has 0 aromatic carbocycles. The van der Waals surface area contributed by atoms with Crippen molar-refractivity contribution in [3.05, 3.63) is 60.3 Å². The van der Waals surface area contributed by atoms with Crippen molar-refractivity contribution in [2.45, 2.75) is 6.92 Å². The lowest BCUT2D eigenvalue weighted by molar-refractivity contribution is 0.102. The first-order chi connectivity index (χ1) is 11.5. The molecule has 3 aromatic rings. The fourth-order valence-electron chi connectivity index (χ4n) is 2.28. The van der Waals surface area contributed by atoms with Gasteiger partial charge in [0.05, 0.1) is 11.4 Å². The van der Waals surface area contributed by atoms with Gasteiger partial charge in [-0.2, -0.15) is 5.10 Å². The van der Waals surface area contributed by atoms with Crippen molar-refractivity contribution in [1.29, 1.82) is 0 Å². The quantitative estimate of drug-likeness (QED) is 0.797. The summed E-state index contributed by atoms with van der Waals surface area (Å²) >= 11 is 0. The van der Waals surface area contributed by atoms with E-state index in [2.05, 4.69) is 20.4 Å². The van der Waals surface area contributed by atoms with Gasteiger partial charge in [-0.1, -0.05) is 0 Å².